The van der Waals surface area contributed by atoms with Crippen molar-refractivity contribution in [1.82, 2.24) is 9.55 Å². The lowest BCUT2D eigenvalue weighted by molar-refractivity contribution is -0.145. The Kier molecular flexibility index (Phi) is 5.39. The average molecular weight is 330 g/mol. The first-order chi connectivity index (χ1) is 11.3. The zero-order valence-electron chi connectivity index (χ0n) is 14.4. The summed E-state index contributed by atoms with van der Waals surface area (Å²) in [4.78, 5) is 28.0. The number of imidazole rings is 1. The molecule has 0 fully saturated rings. The van der Waals surface area contributed by atoms with Crippen LogP contribution in [0.5, 0.6) is 0 Å². The molecule has 1 unspecified atom stereocenters. The van der Waals surface area contributed by atoms with E-state index in [-0.39, 0.29) is 12.5 Å². The summed E-state index contributed by atoms with van der Waals surface area (Å²) in [7, 11) is 1.30. The van der Waals surface area contributed by atoms with Gasteiger partial charge in [0.1, 0.15) is 11.3 Å². The Bertz CT molecular complexity index is 707. The molecule has 0 aliphatic rings. The van der Waals surface area contributed by atoms with Gasteiger partial charge in [0, 0.05) is 0 Å². The van der Waals surface area contributed by atoms with Crippen LogP contribution in [-0.2, 0) is 14.3 Å². The summed E-state index contributed by atoms with van der Waals surface area (Å²) in [6, 6.07) is 9.73. The number of aromatic nitrogens is 2. The molecule has 1 heterocycles. The Hall–Kier alpha value is -2.63. The topological polar surface area (TPSA) is 70.4 Å². The zero-order valence-corrected chi connectivity index (χ0v) is 14.4. The third-order valence-electron chi connectivity index (χ3n) is 3.74. The lowest BCUT2D eigenvalue weighted by Crippen LogP contribution is -2.32. The molecule has 0 saturated heterocycles. The SMILES string of the molecule is COC(=O)CC(C)(C)OC(=O)c1cncn1C(C)c1ccccc1. The molecule has 0 aliphatic heterocycles. The molecular weight excluding hydrogens is 308 g/mol. The molecule has 0 N–H and O–H groups in total. The number of esters is 2. The van der Waals surface area contributed by atoms with Crippen LogP contribution in [-0.4, -0.2) is 34.2 Å². The van der Waals surface area contributed by atoms with Crippen LogP contribution in [0.3, 0.4) is 0 Å². The highest BCUT2D eigenvalue weighted by Gasteiger charge is 2.29. The fourth-order valence-corrected chi connectivity index (χ4v) is 2.42. The van der Waals surface area contributed by atoms with Gasteiger partial charge >= 0.3 is 11.9 Å². The van der Waals surface area contributed by atoms with Gasteiger partial charge < -0.3 is 14.0 Å². The van der Waals surface area contributed by atoms with E-state index in [0.717, 1.165) is 5.56 Å². The number of hydrogen-bond acceptors (Lipinski definition) is 5. The maximum absolute atomic E-state index is 12.5. The molecule has 0 amide bonds. The van der Waals surface area contributed by atoms with Crippen molar-refractivity contribution in [2.24, 2.45) is 0 Å². The lowest BCUT2D eigenvalue weighted by Gasteiger charge is -2.24. The second kappa shape index (κ2) is 7.29. The first kappa shape index (κ1) is 17.7. The highest BCUT2D eigenvalue weighted by molar-refractivity contribution is 5.88. The van der Waals surface area contributed by atoms with Crippen molar-refractivity contribution in [3.63, 3.8) is 0 Å². The second-order valence-corrected chi connectivity index (χ2v) is 6.17. The number of carbonyl (C=O) groups excluding carboxylic acids is 2. The molecule has 0 radical (unpaired) electrons. The van der Waals surface area contributed by atoms with Gasteiger partial charge in [0.15, 0.2) is 0 Å². The fraction of sp³-hybridized carbons (Fsp3) is 0.389. The molecule has 2 aromatic rings. The molecule has 24 heavy (non-hydrogen) atoms. The summed E-state index contributed by atoms with van der Waals surface area (Å²) in [5, 5.41) is 0. The largest absolute Gasteiger partial charge is 0.469 e. The summed E-state index contributed by atoms with van der Waals surface area (Å²) in [5.41, 5.74) is 0.428. The molecule has 1 aromatic carbocycles. The minimum absolute atomic E-state index is 0.0163. The number of ether oxygens (including phenoxy) is 2. The summed E-state index contributed by atoms with van der Waals surface area (Å²) < 4.78 is 11.9. The van der Waals surface area contributed by atoms with E-state index in [9.17, 15) is 9.59 Å². The average Bonchev–Trinajstić information content (AvgIpc) is 3.03. The Balaban J connectivity index is 2.17. The third kappa shape index (κ3) is 4.22. The summed E-state index contributed by atoms with van der Waals surface area (Å²) in [6.45, 7) is 5.32. The van der Waals surface area contributed by atoms with Gasteiger partial charge in [0.05, 0.1) is 32.1 Å². The Morgan fingerprint density at radius 3 is 2.54 bits per heavy atom. The highest BCUT2D eigenvalue weighted by atomic mass is 16.6. The van der Waals surface area contributed by atoms with E-state index >= 15 is 0 Å². The van der Waals surface area contributed by atoms with Crippen LogP contribution in [0.25, 0.3) is 0 Å². The molecule has 2 rings (SSSR count). The molecule has 6 nitrogen and oxygen atoms in total. The molecule has 0 aliphatic carbocycles. The first-order valence-corrected chi connectivity index (χ1v) is 7.71. The maximum Gasteiger partial charge on any atom is 0.357 e. The van der Waals surface area contributed by atoms with Crippen LogP contribution in [0.1, 0.15) is 49.3 Å². The van der Waals surface area contributed by atoms with Crippen molar-refractivity contribution in [3.05, 3.63) is 54.1 Å². The van der Waals surface area contributed by atoms with Gasteiger partial charge in [-0.25, -0.2) is 9.78 Å². The van der Waals surface area contributed by atoms with Gasteiger partial charge in [0.25, 0.3) is 0 Å². The molecule has 6 heteroatoms. The van der Waals surface area contributed by atoms with Gasteiger partial charge in [-0.2, -0.15) is 0 Å². The van der Waals surface area contributed by atoms with E-state index in [2.05, 4.69) is 9.72 Å². The van der Waals surface area contributed by atoms with Crippen molar-refractivity contribution in [2.75, 3.05) is 7.11 Å². The highest BCUT2D eigenvalue weighted by Crippen LogP contribution is 2.22. The van der Waals surface area contributed by atoms with E-state index in [1.165, 1.54) is 13.3 Å². The van der Waals surface area contributed by atoms with Crippen LogP contribution in [0.2, 0.25) is 0 Å². The molecule has 0 spiro atoms. The van der Waals surface area contributed by atoms with Crippen molar-refractivity contribution >= 4 is 11.9 Å². The standard InChI is InChI=1S/C18H22N2O4/c1-13(14-8-6-5-7-9-14)20-12-19-11-15(20)17(22)24-18(2,3)10-16(21)23-4/h5-9,11-13H,10H2,1-4H3. The molecular formula is C18H22N2O4. The van der Waals surface area contributed by atoms with Gasteiger partial charge in [0.2, 0.25) is 0 Å². The number of rotatable bonds is 6. The van der Waals surface area contributed by atoms with E-state index in [4.69, 9.17) is 4.74 Å². The van der Waals surface area contributed by atoms with Crippen LogP contribution in [0.4, 0.5) is 0 Å². The van der Waals surface area contributed by atoms with Crippen molar-refractivity contribution < 1.29 is 19.1 Å². The van der Waals surface area contributed by atoms with Crippen LogP contribution < -0.4 is 0 Å². The van der Waals surface area contributed by atoms with Gasteiger partial charge in [-0.3, -0.25) is 4.79 Å². The number of benzene rings is 1. The van der Waals surface area contributed by atoms with Crippen LogP contribution in [0.15, 0.2) is 42.9 Å². The maximum atomic E-state index is 12.5. The smallest absolute Gasteiger partial charge is 0.357 e. The number of carbonyl (C=O) groups is 2. The second-order valence-electron chi connectivity index (χ2n) is 6.17. The fourth-order valence-electron chi connectivity index (χ4n) is 2.42. The molecule has 0 bridgehead atoms. The van der Waals surface area contributed by atoms with E-state index in [1.807, 2.05) is 37.3 Å². The predicted molar refractivity (Wildman–Crippen MR) is 88.6 cm³/mol. The summed E-state index contributed by atoms with van der Waals surface area (Å²) in [5.74, 6) is -0.955. The molecule has 1 atom stereocenters. The number of methoxy groups -OCH3 is 1. The van der Waals surface area contributed by atoms with E-state index in [1.54, 1.807) is 24.7 Å². The van der Waals surface area contributed by atoms with Crippen LogP contribution >= 0.6 is 0 Å². The normalized spacial score (nSPS) is 12.5. The molecule has 128 valence electrons. The molecule has 0 saturated carbocycles. The minimum Gasteiger partial charge on any atom is -0.469 e. The van der Waals surface area contributed by atoms with Crippen LogP contribution in [0, 0.1) is 0 Å². The lowest BCUT2D eigenvalue weighted by atomic mass is 10.1. The van der Waals surface area contributed by atoms with Crippen molar-refractivity contribution in [2.45, 2.75) is 38.8 Å². The summed E-state index contributed by atoms with van der Waals surface area (Å²) in [6.07, 6.45) is 3.05. The van der Waals surface area contributed by atoms with Gasteiger partial charge in [-0.1, -0.05) is 30.3 Å². The van der Waals surface area contributed by atoms with E-state index in [0.29, 0.717) is 5.69 Å². The first-order valence-electron chi connectivity index (χ1n) is 7.71. The predicted octanol–water partition coefficient (Wildman–Crippen LogP) is 2.99. The number of hydrogen-bond donors (Lipinski definition) is 0. The van der Waals surface area contributed by atoms with Gasteiger partial charge in [-0.15, -0.1) is 0 Å². The minimum atomic E-state index is -0.963. The third-order valence-corrected chi connectivity index (χ3v) is 3.74. The molecule has 1 aromatic heterocycles. The quantitative estimate of drug-likeness (QED) is 0.762. The Labute approximate surface area is 141 Å². The monoisotopic (exact) mass is 330 g/mol. The zero-order chi connectivity index (χ0) is 17.7. The van der Waals surface area contributed by atoms with Crippen molar-refractivity contribution in [1.29, 1.82) is 0 Å². The Morgan fingerprint density at radius 1 is 1.25 bits per heavy atom. The van der Waals surface area contributed by atoms with Gasteiger partial charge in [-0.05, 0) is 26.3 Å². The van der Waals surface area contributed by atoms with Crippen molar-refractivity contribution in [3.8, 4) is 0 Å². The number of nitrogens with zero attached hydrogens (tertiary/aromatic N) is 2. The van der Waals surface area contributed by atoms with E-state index < -0.39 is 17.5 Å². The summed E-state index contributed by atoms with van der Waals surface area (Å²) >= 11 is 0. The Morgan fingerprint density at radius 2 is 1.92 bits per heavy atom.